The molecule has 96 valence electrons. The van der Waals surface area contributed by atoms with Crippen LogP contribution in [0.15, 0.2) is 35.3 Å². The summed E-state index contributed by atoms with van der Waals surface area (Å²) in [6.07, 6.45) is 0.692. The van der Waals surface area contributed by atoms with Gasteiger partial charge in [-0.2, -0.15) is 0 Å². The number of hydrogen-bond acceptors (Lipinski definition) is 4. The molecular formula is C13H17N3OS. The fourth-order valence-electron chi connectivity index (χ4n) is 2.12. The highest BCUT2D eigenvalue weighted by molar-refractivity contribution is 7.82. The van der Waals surface area contributed by atoms with E-state index < -0.39 is 5.85 Å². The Hall–Kier alpha value is -1.46. The van der Waals surface area contributed by atoms with E-state index in [9.17, 15) is 0 Å². The summed E-state index contributed by atoms with van der Waals surface area (Å²) in [5.41, 5.74) is 6.99. The van der Waals surface area contributed by atoms with Crippen LogP contribution in [0.5, 0.6) is 0 Å². The Morgan fingerprint density at radius 3 is 2.61 bits per heavy atom. The molecule has 0 aromatic heterocycles. The van der Waals surface area contributed by atoms with Gasteiger partial charge in [-0.25, -0.2) is 4.99 Å². The standard InChI is InChI=1S/C13H17N3OS/c1-3-13(17-2)15-11(14)12(18)16(13)9-10-7-5-4-6-8-10/h4-8H,3,9H2,1-2H3,(H2,14,15). The van der Waals surface area contributed by atoms with Gasteiger partial charge in [-0.15, -0.1) is 0 Å². The van der Waals surface area contributed by atoms with Crippen LogP contribution in [0.25, 0.3) is 0 Å². The molecule has 0 fully saturated rings. The van der Waals surface area contributed by atoms with Gasteiger partial charge >= 0.3 is 0 Å². The Morgan fingerprint density at radius 2 is 2.06 bits per heavy atom. The van der Waals surface area contributed by atoms with E-state index >= 15 is 0 Å². The number of amidine groups is 1. The van der Waals surface area contributed by atoms with Gasteiger partial charge < -0.3 is 15.4 Å². The molecule has 2 N–H and O–H groups in total. The predicted octanol–water partition coefficient (Wildman–Crippen LogP) is 1.90. The highest BCUT2D eigenvalue weighted by Crippen LogP contribution is 2.30. The van der Waals surface area contributed by atoms with Crippen molar-refractivity contribution in [2.24, 2.45) is 10.7 Å². The van der Waals surface area contributed by atoms with Crippen molar-refractivity contribution in [1.82, 2.24) is 4.90 Å². The third-order valence-electron chi connectivity index (χ3n) is 3.15. The molecule has 1 atom stereocenters. The van der Waals surface area contributed by atoms with E-state index in [1.807, 2.05) is 42.2 Å². The summed E-state index contributed by atoms with van der Waals surface area (Å²) in [5.74, 6) is -0.374. The van der Waals surface area contributed by atoms with Gasteiger partial charge in [0.05, 0.1) is 0 Å². The molecule has 0 bridgehead atoms. The average molecular weight is 263 g/mol. The highest BCUT2D eigenvalue weighted by Gasteiger charge is 2.43. The quantitative estimate of drug-likeness (QED) is 0.843. The third kappa shape index (κ3) is 2.11. The van der Waals surface area contributed by atoms with Crippen LogP contribution in [-0.2, 0) is 11.3 Å². The third-order valence-corrected chi connectivity index (χ3v) is 3.58. The minimum Gasteiger partial charge on any atom is -0.381 e. The molecule has 1 aliphatic heterocycles. The molecule has 0 spiro atoms. The molecule has 0 saturated carbocycles. The molecule has 0 aliphatic carbocycles. The molecule has 2 rings (SSSR count). The first kappa shape index (κ1) is 13.0. The van der Waals surface area contributed by atoms with Crippen molar-refractivity contribution in [3.8, 4) is 0 Å². The Kier molecular flexibility index (Phi) is 3.63. The lowest BCUT2D eigenvalue weighted by atomic mass is 10.2. The number of rotatable bonds is 4. The van der Waals surface area contributed by atoms with Crippen molar-refractivity contribution in [3.63, 3.8) is 0 Å². The van der Waals surface area contributed by atoms with E-state index in [-0.39, 0.29) is 0 Å². The zero-order chi connectivity index (χ0) is 13.2. The van der Waals surface area contributed by atoms with Crippen molar-refractivity contribution >= 4 is 23.0 Å². The van der Waals surface area contributed by atoms with E-state index in [1.165, 1.54) is 0 Å². The topological polar surface area (TPSA) is 50.9 Å². The van der Waals surface area contributed by atoms with E-state index in [0.29, 0.717) is 23.8 Å². The lowest BCUT2D eigenvalue weighted by Crippen LogP contribution is -2.47. The lowest BCUT2D eigenvalue weighted by Gasteiger charge is -2.35. The number of hydrogen-bond donors (Lipinski definition) is 1. The summed E-state index contributed by atoms with van der Waals surface area (Å²) >= 11 is 5.33. The first-order chi connectivity index (χ1) is 8.63. The fourth-order valence-corrected chi connectivity index (χ4v) is 2.38. The monoisotopic (exact) mass is 263 g/mol. The van der Waals surface area contributed by atoms with Crippen molar-refractivity contribution in [2.75, 3.05) is 7.11 Å². The highest BCUT2D eigenvalue weighted by atomic mass is 32.1. The van der Waals surface area contributed by atoms with Crippen LogP contribution < -0.4 is 5.73 Å². The van der Waals surface area contributed by atoms with Gasteiger partial charge in [0.1, 0.15) is 4.99 Å². The summed E-state index contributed by atoms with van der Waals surface area (Å²) in [6, 6.07) is 10.1. The normalized spacial score (nSPS) is 23.3. The molecule has 1 heterocycles. The van der Waals surface area contributed by atoms with E-state index in [1.54, 1.807) is 7.11 Å². The summed E-state index contributed by atoms with van der Waals surface area (Å²) < 4.78 is 5.54. The molecule has 1 unspecified atom stereocenters. The van der Waals surface area contributed by atoms with Gasteiger partial charge in [-0.1, -0.05) is 49.5 Å². The Labute approximate surface area is 112 Å². The van der Waals surface area contributed by atoms with Gasteiger partial charge in [-0.3, -0.25) is 0 Å². The van der Waals surface area contributed by atoms with Crippen LogP contribution in [0.4, 0.5) is 0 Å². The lowest BCUT2D eigenvalue weighted by molar-refractivity contribution is -0.0950. The largest absolute Gasteiger partial charge is 0.381 e. The number of nitrogens with zero attached hydrogens (tertiary/aromatic N) is 2. The number of ether oxygens (including phenoxy) is 1. The zero-order valence-corrected chi connectivity index (χ0v) is 11.4. The number of benzene rings is 1. The van der Waals surface area contributed by atoms with Crippen LogP contribution in [0.1, 0.15) is 18.9 Å². The molecule has 1 aromatic rings. The number of nitrogens with two attached hydrogens (primary N) is 1. The van der Waals surface area contributed by atoms with Gasteiger partial charge in [0, 0.05) is 20.1 Å². The van der Waals surface area contributed by atoms with Gasteiger partial charge in [0.25, 0.3) is 0 Å². The second kappa shape index (κ2) is 5.04. The summed E-state index contributed by atoms with van der Waals surface area (Å²) in [7, 11) is 1.63. The van der Waals surface area contributed by atoms with Gasteiger partial charge in [0.2, 0.25) is 5.85 Å². The maximum Gasteiger partial charge on any atom is 0.241 e. The fraction of sp³-hybridized carbons (Fsp3) is 0.385. The Morgan fingerprint density at radius 1 is 1.39 bits per heavy atom. The van der Waals surface area contributed by atoms with Crippen LogP contribution in [0.3, 0.4) is 0 Å². The molecule has 0 saturated heterocycles. The van der Waals surface area contributed by atoms with Crippen LogP contribution >= 0.6 is 12.2 Å². The van der Waals surface area contributed by atoms with Crippen molar-refractivity contribution < 1.29 is 4.74 Å². The van der Waals surface area contributed by atoms with Gasteiger partial charge in [0.15, 0.2) is 5.84 Å². The average Bonchev–Trinajstić information content (AvgIpc) is 2.65. The van der Waals surface area contributed by atoms with Crippen LogP contribution in [-0.4, -0.2) is 28.7 Å². The second-order valence-electron chi connectivity index (χ2n) is 4.17. The smallest absolute Gasteiger partial charge is 0.241 e. The first-order valence-corrected chi connectivity index (χ1v) is 6.30. The van der Waals surface area contributed by atoms with Crippen LogP contribution in [0, 0.1) is 0 Å². The molecule has 0 radical (unpaired) electrons. The number of aliphatic imine (C=N–C) groups is 1. The predicted molar refractivity (Wildman–Crippen MR) is 76.2 cm³/mol. The first-order valence-electron chi connectivity index (χ1n) is 5.89. The molecule has 1 aromatic carbocycles. The molecule has 0 amide bonds. The summed E-state index contributed by atoms with van der Waals surface area (Å²) in [4.78, 5) is 6.87. The van der Waals surface area contributed by atoms with Crippen molar-refractivity contribution in [3.05, 3.63) is 35.9 Å². The van der Waals surface area contributed by atoms with Crippen molar-refractivity contribution in [2.45, 2.75) is 25.7 Å². The maximum atomic E-state index is 5.84. The molecule has 1 aliphatic rings. The molecule has 4 nitrogen and oxygen atoms in total. The molecular weight excluding hydrogens is 246 g/mol. The molecule has 18 heavy (non-hydrogen) atoms. The minimum absolute atomic E-state index is 0.379. The van der Waals surface area contributed by atoms with E-state index in [0.717, 1.165) is 5.56 Å². The number of methoxy groups -OCH3 is 1. The zero-order valence-electron chi connectivity index (χ0n) is 10.6. The Bertz CT molecular complexity index is 468. The van der Waals surface area contributed by atoms with E-state index in [2.05, 4.69) is 4.99 Å². The summed E-state index contributed by atoms with van der Waals surface area (Å²) in [6.45, 7) is 2.65. The van der Waals surface area contributed by atoms with Gasteiger partial charge in [-0.05, 0) is 5.56 Å². The van der Waals surface area contributed by atoms with Crippen LogP contribution in [0.2, 0.25) is 0 Å². The maximum absolute atomic E-state index is 5.84. The number of thiocarbonyl (C=S) groups is 1. The second-order valence-corrected chi connectivity index (χ2v) is 4.56. The minimum atomic E-state index is -0.753. The SMILES string of the molecule is CCC1(OC)N=C(N)C(=S)N1Cc1ccccc1. The van der Waals surface area contributed by atoms with E-state index in [4.69, 9.17) is 22.7 Å². The Balaban J connectivity index is 2.28. The summed E-state index contributed by atoms with van der Waals surface area (Å²) in [5, 5.41) is 0. The molecule has 5 heteroatoms. The van der Waals surface area contributed by atoms with Crippen molar-refractivity contribution in [1.29, 1.82) is 0 Å².